The Morgan fingerprint density at radius 2 is 1.49 bits per heavy atom. The molecule has 2 aliphatic rings. The Bertz CT molecular complexity index is 1160. The van der Waals surface area contributed by atoms with Gasteiger partial charge in [-0.3, -0.25) is 14.6 Å². The van der Waals surface area contributed by atoms with E-state index in [0.717, 1.165) is 55.3 Å². The molecule has 3 aromatic carbocycles. The summed E-state index contributed by atoms with van der Waals surface area (Å²) in [5.74, 6) is 0.817. The first-order chi connectivity index (χ1) is 17.2. The van der Waals surface area contributed by atoms with E-state index in [9.17, 15) is 4.79 Å². The fourth-order valence-electron chi connectivity index (χ4n) is 4.94. The summed E-state index contributed by atoms with van der Waals surface area (Å²) in [6.45, 7) is 4.99. The summed E-state index contributed by atoms with van der Waals surface area (Å²) < 4.78 is 5.63. The Balaban J connectivity index is 1.28. The van der Waals surface area contributed by atoms with Crippen molar-refractivity contribution in [3.05, 3.63) is 102 Å². The van der Waals surface area contributed by atoms with Gasteiger partial charge in [-0.2, -0.15) is 5.10 Å². The van der Waals surface area contributed by atoms with Crippen LogP contribution in [-0.4, -0.2) is 66.3 Å². The maximum absolute atomic E-state index is 13.6. The summed E-state index contributed by atoms with van der Waals surface area (Å²) in [6.07, 6.45) is 0.668. The molecule has 0 radical (unpaired) electrons. The van der Waals surface area contributed by atoms with E-state index in [1.54, 1.807) is 12.1 Å². The average Bonchev–Trinajstić information content (AvgIpc) is 3.36. The first kappa shape index (κ1) is 23.3. The molecule has 1 amide bonds. The molecule has 6 nitrogen and oxygen atoms in total. The Morgan fingerprint density at radius 1 is 0.857 bits per heavy atom. The molecule has 0 saturated carbocycles. The lowest BCUT2D eigenvalue weighted by atomic mass is 9.97. The monoisotopic (exact) mass is 468 g/mol. The highest BCUT2D eigenvalue weighted by Gasteiger charge is 2.35. The van der Waals surface area contributed by atoms with Gasteiger partial charge in [-0.25, -0.2) is 5.01 Å². The van der Waals surface area contributed by atoms with Gasteiger partial charge in [-0.05, 0) is 17.2 Å². The lowest BCUT2D eigenvalue weighted by Gasteiger charge is -2.35. The van der Waals surface area contributed by atoms with Crippen LogP contribution in [0.5, 0.6) is 5.75 Å². The standard InChI is InChI=1S/C29H32N4O2/c1-35-28-15-9-8-14-25(28)27-20-26(24-12-6-3-7-13-24)30-33(27)29(34)22-32-18-16-31(17-19-32)21-23-10-4-2-5-11-23/h2-15,27H,16-22H2,1H3/t27-/m0/s1. The number of para-hydroxylation sites is 1. The normalized spacial score (nSPS) is 18.9. The zero-order chi connectivity index (χ0) is 24.0. The number of amides is 1. The van der Waals surface area contributed by atoms with Crippen LogP contribution in [0.3, 0.4) is 0 Å². The second kappa shape index (κ2) is 10.8. The summed E-state index contributed by atoms with van der Waals surface area (Å²) in [6, 6.07) is 28.4. The molecule has 2 aliphatic heterocycles. The van der Waals surface area contributed by atoms with E-state index in [0.29, 0.717) is 13.0 Å². The quantitative estimate of drug-likeness (QED) is 0.522. The Hall–Kier alpha value is -3.48. The van der Waals surface area contributed by atoms with E-state index in [4.69, 9.17) is 9.84 Å². The van der Waals surface area contributed by atoms with Crippen LogP contribution in [0.25, 0.3) is 0 Å². The lowest BCUT2D eigenvalue weighted by molar-refractivity contribution is -0.134. The number of hydrogen-bond donors (Lipinski definition) is 0. The second-order valence-corrected chi connectivity index (χ2v) is 9.15. The summed E-state index contributed by atoms with van der Waals surface area (Å²) in [5.41, 5.74) is 4.31. The molecule has 0 unspecified atom stereocenters. The van der Waals surface area contributed by atoms with Gasteiger partial charge in [0.15, 0.2) is 0 Å². The topological polar surface area (TPSA) is 48.4 Å². The van der Waals surface area contributed by atoms with Crippen LogP contribution in [0, 0.1) is 0 Å². The third kappa shape index (κ3) is 5.45. The van der Waals surface area contributed by atoms with Gasteiger partial charge in [-0.1, -0.05) is 78.9 Å². The fraction of sp³-hybridized carbons (Fsp3) is 0.310. The highest BCUT2D eigenvalue weighted by Crippen LogP contribution is 2.37. The van der Waals surface area contributed by atoms with Crippen molar-refractivity contribution in [1.29, 1.82) is 0 Å². The molecule has 6 heteroatoms. The highest BCUT2D eigenvalue weighted by atomic mass is 16.5. The number of ether oxygens (including phenoxy) is 1. The summed E-state index contributed by atoms with van der Waals surface area (Å²) in [5, 5.41) is 6.53. The molecule has 2 heterocycles. The van der Waals surface area contributed by atoms with E-state index >= 15 is 0 Å². The molecule has 0 bridgehead atoms. The molecule has 1 atom stereocenters. The Kier molecular flexibility index (Phi) is 7.21. The Labute approximate surface area is 207 Å². The highest BCUT2D eigenvalue weighted by molar-refractivity contribution is 6.03. The molecule has 0 aliphatic carbocycles. The molecule has 35 heavy (non-hydrogen) atoms. The first-order valence-electron chi connectivity index (χ1n) is 12.3. The number of carbonyl (C=O) groups is 1. The van der Waals surface area contributed by atoms with Crippen molar-refractivity contribution in [1.82, 2.24) is 14.8 Å². The second-order valence-electron chi connectivity index (χ2n) is 9.15. The minimum atomic E-state index is -0.173. The molecule has 1 saturated heterocycles. The number of hydrazone groups is 1. The van der Waals surface area contributed by atoms with Crippen LogP contribution in [0.15, 0.2) is 90.0 Å². The zero-order valence-electron chi connectivity index (χ0n) is 20.2. The molecule has 5 rings (SSSR count). The van der Waals surface area contributed by atoms with Gasteiger partial charge in [0.05, 0.1) is 25.4 Å². The van der Waals surface area contributed by atoms with E-state index in [2.05, 4.69) is 52.3 Å². The number of hydrogen-bond acceptors (Lipinski definition) is 5. The molecule has 180 valence electrons. The molecular formula is C29H32N4O2. The minimum absolute atomic E-state index is 0.0309. The Morgan fingerprint density at radius 3 is 2.20 bits per heavy atom. The van der Waals surface area contributed by atoms with E-state index in [1.807, 2.05) is 42.5 Å². The number of rotatable bonds is 7. The van der Waals surface area contributed by atoms with Gasteiger partial charge in [0.2, 0.25) is 0 Å². The van der Waals surface area contributed by atoms with E-state index in [-0.39, 0.29) is 11.9 Å². The van der Waals surface area contributed by atoms with Crippen molar-refractivity contribution in [2.45, 2.75) is 19.0 Å². The summed E-state index contributed by atoms with van der Waals surface area (Å²) in [4.78, 5) is 18.3. The van der Waals surface area contributed by atoms with Crippen LogP contribution in [0.4, 0.5) is 0 Å². The van der Waals surface area contributed by atoms with Crippen LogP contribution < -0.4 is 4.74 Å². The van der Waals surface area contributed by atoms with Crippen molar-refractivity contribution < 1.29 is 9.53 Å². The van der Waals surface area contributed by atoms with Crippen molar-refractivity contribution in [3.63, 3.8) is 0 Å². The van der Waals surface area contributed by atoms with Gasteiger partial charge in [0.25, 0.3) is 5.91 Å². The van der Waals surface area contributed by atoms with E-state index < -0.39 is 0 Å². The maximum atomic E-state index is 13.6. The molecule has 0 spiro atoms. The number of nitrogens with zero attached hydrogens (tertiary/aromatic N) is 4. The van der Waals surface area contributed by atoms with Crippen LogP contribution >= 0.6 is 0 Å². The zero-order valence-corrected chi connectivity index (χ0v) is 20.2. The molecule has 0 N–H and O–H groups in total. The number of piperazine rings is 1. The number of methoxy groups -OCH3 is 1. The third-order valence-electron chi connectivity index (χ3n) is 6.84. The average molecular weight is 469 g/mol. The minimum Gasteiger partial charge on any atom is -0.496 e. The van der Waals surface area contributed by atoms with E-state index in [1.165, 1.54) is 5.56 Å². The summed E-state index contributed by atoms with van der Waals surface area (Å²) >= 11 is 0. The van der Waals surface area contributed by atoms with Gasteiger partial charge >= 0.3 is 0 Å². The maximum Gasteiger partial charge on any atom is 0.257 e. The first-order valence-corrected chi connectivity index (χ1v) is 12.3. The molecular weight excluding hydrogens is 436 g/mol. The van der Waals surface area contributed by atoms with Crippen LogP contribution in [0.2, 0.25) is 0 Å². The van der Waals surface area contributed by atoms with Crippen molar-refractivity contribution in [2.24, 2.45) is 5.10 Å². The predicted octanol–water partition coefficient (Wildman–Crippen LogP) is 4.19. The van der Waals surface area contributed by atoms with Crippen LogP contribution in [-0.2, 0) is 11.3 Å². The SMILES string of the molecule is COc1ccccc1[C@@H]1CC(c2ccccc2)=NN1C(=O)CN1CCN(Cc2ccccc2)CC1. The fourth-order valence-corrected chi connectivity index (χ4v) is 4.94. The summed E-state index contributed by atoms with van der Waals surface area (Å²) in [7, 11) is 1.67. The molecule has 0 aromatic heterocycles. The van der Waals surface area contributed by atoms with Gasteiger partial charge in [-0.15, -0.1) is 0 Å². The smallest absolute Gasteiger partial charge is 0.257 e. The van der Waals surface area contributed by atoms with Crippen molar-refractivity contribution in [3.8, 4) is 5.75 Å². The largest absolute Gasteiger partial charge is 0.496 e. The molecule has 1 fully saturated rings. The van der Waals surface area contributed by atoms with Gasteiger partial charge < -0.3 is 4.74 Å². The number of benzene rings is 3. The lowest BCUT2D eigenvalue weighted by Crippen LogP contribution is -2.49. The van der Waals surface area contributed by atoms with Crippen molar-refractivity contribution >= 4 is 11.6 Å². The number of carbonyl (C=O) groups excluding carboxylic acids is 1. The molecule has 3 aromatic rings. The van der Waals surface area contributed by atoms with Gasteiger partial charge in [0, 0.05) is 44.7 Å². The van der Waals surface area contributed by atoms with Crippen molar-refractivity contribution in [2.75, 3.05) is 39.8 Å². The van der Waals surface area contributed by atoms with Crippen LogP contribution in [0.1, 0.15) is 29.2 Å². The predicted molar refractivity (Wildman–Crippen MR) is 138 cm³/mol. The van der Waals surface area contributed by atoms with Gasteiger partial charge in [0.1, 0.15) is 5.75 Å². The third-order valence-corrected chi connectivity index (χ3v) is 6.84.